The van der Waals surface area contributed by atoms with Gasteiger partial charge in [0.15, 0.2) is 5.78 Å². The zero-order valence-electron chi connectivity index (χ0n) is 15.3. The number of hydrogen-bond donors (Lipinski definition) is 2. The fourth-order valence-corrected chi connectivity index (χ4v) is 3.96. The van der Waals surface area contributed by atoms with Crippen molar-refractivity contribution in [1.82, 2.24) is 0 Å². The van der Waals surface area contributed by atoms with Gasteiger partial charge in [0.05, 0.1) is 28.0 Å². The van der Waals surface area contributed by atoms with Crippen LogP contribution in [0.2, 0.25) is 0 Å². The van der Waals surface area contributed by atoms with E-state index in [-0.39, 0.29) is 22.9 Å². The summed E-state index contributed by atoms with van der Waals surface area (Å²) in [6.07, 6.45) is 1.21. The summed E-state index contributed by atoms with van der Waals surface area (Å²) in [6.45, 7) is 4.16. The topological polar surface area (TPSA) is 84.3 Å². The van der Waals surface area contributed by atoms with E-state index >= 15 is 0 Å². The first-order valence-corrected chi connectivity index (χ1v) is 8.97. The summed E-state index contributed by atoms with van der Waals surface area (Å²) in [7, 11) is 0. The lowest BCUT2D eigenvalue weighted by atomic mass is 9.72. The zero-order valence-corrected chi connectivity index (χ0v) is 15.3. The van der Waals surface area contributed by atoms with Crippen LogP contribution >= 0.6 is 0 Å². The van der Waals surface area contributed by atoms with Crippen molar-refractivity contribution in [3.8, 4) is 0 Å². The molecule has 1 aliphatic carbocycles. The van der Waals surface area contributed by atoms with Crippen molar-refractivity contribution in [2.75, 3.05) is 10.6 Å². The van der Waals surface area contributed by atoms with E-state index < -0.39 is 4.92 Å². The smallest absolute Gasteiger partial charge is 0.269 e. The Morgan fingerprint density at radius 2 is 1.81 bits per heavy atom. The van der Waals surface area contributed by atoms with E-state index in [1.165, 1.54) is 6.07 Å². The number of anilines is 2. The van der Waals surface area contributed by atoms with Gasteiger partial charge in [0.2, 0.25) is 0 Å². The van der Waals surface area contributed by atoms with E-state index in [4.69, 9.17) is 0 Å². The van der Waals surface area contributed by atoms with Gasteiger partial charge in [-0.3, -0.25) is 14.9 Å². The number of ketones is 1. The predicted molar refractivity (Wildman–Crippen MR) is 105 cm³/mol. The predicted octanol–water partition coefficient (Wildman–Crippen LogP) is 4.82. The number of carbonyl (C=O) groups excluding carboxylic acids is 1. The van der Waals surface area contributed by atoms with E-state index in [1.54, 1.807) is 12.1 Å². The van der Waals surface area contributed by atoms with Gasteiger partial charge in [-0.15, -0.1) is 0 Å². The highest BCUT2D eigenvalue weighted by molar-refractivity contribution is 6.02. The molecule has 2 aromatic carbocycles. The molecular formula is C21H21N3O3. The third-order valence-electron chi connectivity index (χ3n) is 5.16. The van der Waals surface area contributed by atoms with Gasteiger partial charge >= 0.3 is 0 Å². The van der Waals surface area contributed by atoms with Gasteiger partial charge in [-0.25, -0.2) is 0 Å². The number of para-hydroxylation sites is 2. The number of Topliss-reactive ketones (excluding diaryl/α,β-unsaturated/α-hetero) is 1. The van der Waals surface area contributed by atoms with Crippen LogP contribution in [0.3, 0.4) is 0 Å². The van der Waals surface area contributed by atoms with Crippen molar-refractivity contribution >= 4 is 22.8 Å². The van der Waals surface area contributed by atoms with Crippen LogP contribution in [0.5, 0.6) is 0 Å². The first-order valence-electron chi connectivity index (χ1n) is 8.97. The molecule has 0 amide bonds. The fourth-order valence-electron chi connectivity index (χ4n) is 3.96. The highest BCUT2D eigenvalue weighted by atomic mass is 16.6. The van der Waals surface area contributed by atoms with Gasteiger partial charge in [0, 0.05) is 18.6 Å². The number of nitrogens with one attached hydrogen (secondary N) is 2. The number of hydrogen-bond acceptors (Lipinski definition) is 5. The highest BCUT2D eigenvalue weighted by Gasteiger charge is 2.38. The number of non-ortho nitro benzene ring substituents is 1. The minimum atomic E-state index is -0.391. The maximum atomic E-state index is 12.9. The van der Waals surface area contributed by atoms with Crippen LogP contribution < -0.4 is 10.6 Å². The highest BCUT2D eigenvalue weighted by Crippen LogP contribution is 2.46. The number of nitro benzene ring substituents is 1. The molecule has 1 unspecified atom stereocenters. The molecule has 0 saturated heterocycles. The van der Waals surface area contributed by atoms with E-state index in [9.17, 15) is 14.9 Å². The van der Waals surface area contributed by atoms with E-state index in [0.29, 0.717) is 12.1 Å². The lowest BCUT2D eigenvalue weighted by Crippen LogP contribution is -2.31. The Kier molecular flexibility index (Phi) is 3.98. The first kappa shape index (κ1) is 17.3. The van der Waals surface area contributed by atoms with Crippen molar-refractivity contribution in [2.24, 2.45) is 5.41 Å². The number of rotatable bonds is 2. The molecule has 2 N–H and O–H groups in total. The summed E-state index contributed by atoms with van der Waals surface area (Å²) in [5, 5.41) is 18.1. The number of fused-ring (bicyclic) bond motifs is 1. The van der Waals surface area contributed by atoms with Crippen LogP contribution in [0.15, 0.2) is 59.8 Å². The molecule has 27 heavy (non-hydrogen) atoms. The Bertz CT molecular complexity index is 978. The molecular weight excluding hydrogens is 342 g/mol. The molecule has 1 aliphatic heterocycles. The van der Waals surface area contributed by atoms with Crippen LogP contribution in [-0.4, -0.2) is 10.7 Å². The number of allylic oxidation sites excluding steroid dienone is 1. The molecule has 0 spiro atoms. The third-order valence-corrected chi connectivity index (χ3v) is 5.16. The Balaban J connectivity index is 1.89. The van der Waals surface area contributed by atoms with Gasteiger partial charge in [-0.05, 0) is 35.1 Å². The van der Waals surface area contributed by atoms with Gasteiger partial charge in [-0.2, -0.15) is 0 Å². The second-order valence-corrected chi connectivity index (χ2v) is 7.94. The second-order valence-electron chi connectivity index (χ2n) is 7.94. The maximum Gasteiger partial charge on any atom is 0.269 e. The lowest BCUT2D eigenvalue weighted by Gasteiger charge is -2.34. The SMILES string of the molecule is CC1(C)CC(=O)C2=C(C1)C(c1cccc([N+](=O)[O-])c1)Nc1ccccc1N2. The van der Waals surface area contributed by atoms with E-state index in [0.717, 1.165) is 28.9 Å². The molecule has 0 radical (unpaired) electrons. The van der Waals surface area contributed by atoms with Crippen LogP contribution in [0.1, 0.15) is 38.3 Å². The maximum absolute atomic E-state index is 12.9. The molecule has 0 aromatic heterocycles. The summed E-state index contributed by atoms with van der Waals surface area (Å²) < 4.78 is 0. The second kappa shape index (κ2) is 6.23. The van der Waals surface area contributed by atoms with Crippen molar-refractivity contribution in [3.63, 3.8) is 0 Å². The molecule has 0 saturated carbocycles. The minimum absolute atomic E-state index is 0.0448. The summed E-state index contributed by atoms with van der Waals surface area (Å²) in [4.78, 5) is 23.8. The molecule has 1 atom stereocenters. The Labute approximate surface area is 157 Å². The molecule has 0 fully saturated rings. The molecule has 2 aromatic rings. The van der Waals surface area contributed by atoms with Crippen LogP contribution in [-0.2, 0) is 4.79 Å². The summed E-state index contributed by atoms with van der Waals surface area (Å²) in [6, 6.07) is 14.0. The minimum Gasteiger partial charge on any atom is -0.373 e. The van der Waals surface area contributed by atoms with Gasteiger partial charge < -0.3 is 10.6 Å². The molecule has 2 aliphatic rings. The van der Waals surface area contributed by atoms with Crippen LogP contribution in [0, 0.1) is 15.5 Å². The van der Waals surface area contributed by atoms with Crippen molar-refractivity contribution in [3.05, 3.63) is 75.5 Å². The molecule has 0 bridgehead atoms. The lowest BCUT2D eigenvalue weighted by molar-refractivity contribution is -0.384. The molecule has 6 heteroatoms. The molecule has 4 rings (SSSR count). The molecule has 138 valence electrons. The van der Waals surface area contributed by atoms with Crippen LogP contribution in [0.25, 0.3) is 0 Å². The molecule has 1 heterocycles. The number of carbonyl (C=O) groups is 1. The average molecular weight is 363 g/mol. The van der Waals surface area contributed by atoms with Gasteiger partial charge in [-0.1, -0.05) is 38.1 Å². The van der Waals surface area contributed by atoms with Crippen LogP contribution in [0.4, 0.5) is 17.1 Å². The first-order chi connectivity index (χ1) is 12.8. The standard InChI is InChI=1S/C21H21N3O3/c1-21(2)11-15-19(13-6-5-7-14(10-13)24(26)27)22-16-8-3-4-9-17(16)23-20(15)18(25)12-21/h3-10,19,22-23H,11-12H2,1-2H3. The van der Waals surface area contributed by atoms with E-state index in [2.05, 4.69) is 24.5 Å². The largest absolute Gasteiger partial charge is 0.373 e. The summed E-state index contributed by atoms with van der Waals surface area (Å²) in [5.74, 6) is 0.0789. The van der Waals surface area contributed by atoms with Gasteiger partial charge in [0.25, 0.3) is 5.69 Å². The van der Waals surface area contributed by atoms with Crippen molar-refractivity contribution in [2.45, 2.75) is 32.7 Å². The Morgan fingerprint density at radius 1 is 1.07 bits per heavy atom. The van der Waals surface area contributed by atoms with Crippen molar-refractivity contribution in [1.29, 1.82) is 0 Å². The Hall–Kier alpha value is -3.15. The quantitative estimate of drug-likeness (QED) is 0.590. The van der Waals surface area contributed by atoms with E-state index in [1.807, 2.05) is 30.3 Å². The average Bonchev–Trinajstić information content (AvgIpc) is 2.78. The third kappa shape index (κ3) is 3.18. The monoisotopic (exact) mass is 363 g/mol. The fraction of sp³-hybridized carbons (Fsp3) is 0.286. The number of nitrogens with zero attached hydrogens (tertiary/aromatic N) is 1. The number of nitro groups is 1. The van der Waals surface area contributed by atoms with Crippen molar-refractivity contribution < 1.29 is 9.72 Å². The normalized spacial score (nSPS) is 20.7. The molecule has 6 nitrogen and oxygen atoms in total. The number of benzene rings is 2. The Morgan fingerprint density at radius 3 is 2.56 bits per heavy atom. The van der Waals surface area contributed by atoms with Gasteiger partial charge in [0.1, 0.15) is 0 Å². The summed E-state index contributed by atoms with van der Waals surface area (Å²) >= 11 is 0. The summed E-state index contributed by atoms with van der Waals surface area (Å²) in [5.41, 5.74) is 3.94. The zero-order chi connectivity index (χ0) is 19.2.